The minimum Gasteiger partial charge on any atom is -0.331 e. The van der Waals surface area contributed by atoms with Gasteiger partial charge in [-0.1, -0.05) is 45.9 Å². The second-order valence-corrected chi connectivity index (χ2v) is 9.61. The van der Waals surface area contributed by atoms with E-state index in [0.29, 0.717) is 0 Å². The van der Waals surface area contributed by atoms with Crippen molar-refractivity contribution in [3.05, 3.63) is 61.2 Å². The van der Waals surface area contributed by atoms with Crippen LogP contribution in [0.4, 0.5) is 0 Å². The number of hydrogen-bond donors (Lipinski definition) is 0. The van der Waals surface area contributed by atoms with E-state index in [2.05, 4.69) is 55.5 Å². The van der Waals surface area contributed by atoms with Crippen molar-refractivity contribution in [2.24, 2.45) is 0 Å². The molecule has 28 heavy (non-hydrogen) atoms. The van der Waals surface area contributed by atoms with E-state index in [9.17, 15) is 0 Å². The summed E-state index contributed by atoms with van der Waals surface area (Å²) in [7, 11) is 4.03. The molecule has 0 saturated heterocycles. The SMILES string of the molecule is c1ccc2c(c1)ncn2CCCCSSCCCCn1cnc2ccccc21. The third-order valence-electron chi connectivity index (χ3n) is 4.89. The highest BCUT2D eigenvalue weighted by atomic mass is 33.1. The van der Waals surface area contributed by atoms with Crippen LogP contribution in [0.1, 0.15) is 25.7 Å². The van der Waals surface area contributed by atoms with Gasteiger partial charge in [-0.05, 0) is 49.9 Å². The zero-order valence-corrected chi connectivity index (χ0v) is 17.7. The van der Waals surface area contributed by atoms with Crippen LogP contribution in [0.25, 0.3) is 22.1 Å². The molecule has 0 aliphatic rings. The summed E-state index contributed by atoms with van der Waals surface area (Å²) < 4.78 is 4.54. The Hall–Kier alpha value is -1.92. The van der Waals surface area contributed by atoms with Crippen molar-refractivity contribution in [3.8, 4) is 0 Å². The summed E-state index contributed by atoms with van der Waals surface area (Å²) in [6.45, 7) is 2.12. The maximum absolute atomic E-state index is 4.46. The molecule has 4 aromatic rings. The molecular weight excluding hydrogens is 384 g/mol. The Morgan fingerprint density at radius 3 is 1.57 bits per heavy atom. The van der Waals surface area contributed by atoms with Crippen LogP contribution in [0.15, 0.2) is 61.2 Å². The van der Waals surface area contributed by atoms with E-state index in [1.165, 1.54) is 48.2 Å². The van der Waals surface area contributed by atoms with Crippen molar-refractivity contribution >= 4 is 43.7 Å². The van der Waals surface area contributed by atoms with Crippen LogP contribution in [0.3, 0.4) is 0 Å². The maximum Gasteiger partial charge on any atom is 0.0958 e. The summed E-state index contributed by atoms with van der Waals surface area (Å²) in [5.74, 6) is 2.45. The van der Waals surface area contributed by atoms with Gasteiger partial charge in [-0.3, -0.25) is 0 Å². The molecule has 2 aromatic carbocycles. The van der Waals surface area contributed by atoms with E-state index in [1.807, 2.05) is 46.4 Å². The third kappa shape index (κ3) is 4.92. The summed E-state index contributed by atoms with van der Waals surface area (Å²) in [5, 5.41) is 0. The Kier molecular flexibility index (Phi) is 6.95. The van der Waals surface area contributed by atoms with Gasteiger partial charge in [-0.2, -0.15) is 0 Å². The fraction of sp³-hybridized carbons (Fsp3) is 0.364. The van der Waals surface area contributed by atoms with Crippen molar-refractivity contribution in [2.45, 2.75) is 38.8 Å². The molecule has 2 aromatic heterocycles. The molecule has 0 saturated carbocycles. The van der Waals surface area contributed by atoms with Gasteiger partial charge in [0.2, 0.25) is 0 Å². The van der Waals surface area contributed by atoms with E-state index >= 15 is 0 Å². The number of nitrogens with zero attached hydrogens (tertiary/aromatic N) is 4. The van der Waals surface area contributed by atoms with Crippen molar-refractivity contribution in [3.63, 3.8) is 0 Å². The zero-order valence-electron chi connectivity index (χ0n) is 16.0. The van der Waals surface area contributed by atoms with Gasteiger partial charge >= 0.3 is 0 Å². The number of aromatic nitrogens is 4. The van der Waals surface area contributed by atoms with Gasteiger partial charge in [0.25, 0.3) is 0 Å². The second kappa shape index (κ2) is 10.0. The summed E-state index contributed by atoms with van der Waals surface area (Å²) in [6.07, 6.45) is 8.87. The first-order chi connectivity index (χ1) is 13.9. The lowest BCUT2D eigenvalue weighted by Crippen LogP contribution is -1.97. The highest BCUT2D eigenvalue weighted by Gasteiger charge is 2.02. The maximum atomic E-state index is 4.46. The molecule has 4 nitrogen and oxygen atoms in total. The van der Waals surface area contributed by atoms with Gasteiger partial charge in [-0.25, -0.2) is 9.97 Å². The fourth-order valence-corrected chi connectivity index (χ4v) is 5.67. The Morgan fingerprint density at radius 1 is 0.607 bits per heavy atom. The summed E-state index contributed by atoms with van der Waals surface area (Å²) in [6, 6.07) is 16.7. The normalized spacial score (nSPS) is 11.6. The van der Waals surface area contributed by atoms with E-state index in [0.717, 1.165) is 24.1 Å². The molecule has 0 aliphatic heterocycles. The molecule has 0 amide bonds. The smallest absolute Gasteiger partial charge is 0.0958 e. The summed E-state index contributed by atoms with van der Waals surface area (Å²) in [4.78, 5) is 8.92. The molecule has 4 rings (SSSR count). The monoisotopic (exact) mass is 410 g/mol. The van der Waals surface area contributed by atoms with Crippen molar-refractivity contribution < 1.29 is 0 Å². The predicted molar refractivity (Wildman–Crippen MR) is 123 cm³/mol. The highest BCUT2D eigenvalue weighted by Crippen LogP contribution is 2.24. The Balaban J connectivity index is 1.05. The van der Waals surface area contributed by atoms with E-state index in [1.54, 1.807) is 0 Å². The average Bonchev–Trinajstić information content (AvgIpc) is 3.34. The molecule has 0 fully saturated rings. The molecule has 0 unspecified atom stereocenters. The van der Waals surface area contributed by atoms with Gasteiger partial charge in [0, 0.05) is 24.6 Å². The number of fused-ring (bicyclic) bond motifs is 2. The lowest BCUT2D eigenvalue weighted by atomic mass is 10.3. The number of unbranched alkanes of at least 4 members (excludes halogenated alkanes) is 2. The van der Waals surface area contributed by atoms with Crippen molar-refractivity contribution in [2.75, 3.05) is 11.5 Å². The van der Waals surface area contributed by atoms with E-state index in [4.69, 9.17) is 0 Å². The van der Waals surface area contributed by atoms with Crippen LogP contribution < -0.4 is 0 Å². The number of benzene rings is 2. The summed E-state index contributed by atoms with van der Waals surface area (Å²) >= 11 is 0. The first-order valence-corrected chi connectivity index (χ1v) is 12.4. The van der Waals surface area contributed by atoms with Gasteiger partial charge in [0.15, 0.2) is 0 Å². The Morgan fingerprint density at radius 2 is 1.07 bits per heavy atom. The van der Waals surface area contributed by atoms with Gasteiger partial charge in [0.1, 0.15) is 0 Å². The van der Waals surface area contributed by atoms with Crippen LogP contribution in [-0.2, 0) is 13.1 Å². The highest BCUT2D eigenvalue weighted by molar-refractivity contribution is 8.76. The van der Waals surface area contributed by atoms with E-state index < -0.39 is 0 Å². The van der Waals surface area contributed by atoms with Crippen LogP contribution >= 0.6 is 21.6 Å². The molecule has 0 aliphatic carbocycles. The molecule has 146 valence electrons. The van der Waals surface area contributed by atoms with Gasteiger partial charge in [0.05, 0.1) is 34.7 Å². The number of para-hydroxylation sites is 4. The number of hydrogen-bond acceptors (Lipinski definition) is 4. The Labute approximate surface area is 174 Å². The minimum absolute atomic E-state index is 1.06. The van der Waals surface area contributed by atoms with Gasteiger partial charge < -0.3 is 9.13 Å². The van der Waals surface area contributed by atoms with Crippen LogP contribution in [0, 0.1) is 0 Å². The minimum atomic E-state index is 1.06. The van der Waals surface area contributed by atoms with E-state index in [-0.39, 0.29) is 0 Å². The molecular formula is C22H26N4S2. The second-order valence-electron chi connectivity index (χ2n) is 6.91. The lowest BCUT2D eigenvalue weighted by Gasteiger charge is -2.05. The molecule has 0 N–H and O–H groups in total. The first kappa shape index (κ1) is 19.4. The fourth-order valence-electron chi connectivity index (χ4n) is 3.38. The Bertz CT molecular complexity index is 926. The average molecular weight is 411 g/mol. The van der Waals surface area contributed by atoms with Gasteiger partial charge in [-0.15, -0.1) is 0 Å². The molecule has 2 heterocycles. The standard InChI is InChI=1S/C22H26N4S2/c1-3-11-21-19(9-1)23-17-25(21)13-5-7-15-27-28-16-8-6-14-26-18-24-20-10-2-4-12-22(20)26/h1-4,9-12,17-18H,5-8,13-16H2. The molecule has 0 atom stereocenters. The molecule has 0 radical (unpaired) electrons. The molecule has 0 spiro atoms. The predicted octanol–water partition coefficient (Wildman–Crippen LogP) is 6.03. The number of imidazole rings is 2. The molecule has 0 bridgehead atoms. The van der Waals surface area contributed by atoms with Crippen LogP contribution in [0.5, 0.6) is 0 Å². The third-order valence-corrected chi connectivity index (χ3v) is 7.47. The number of rotatable bonds is 11. The first-order valence-electron chi connectivity index (χ1n) is 9.96. The van der Waals surface area contributed by atoms with Crippen LogP contribution in [-0.4, -0.2) is 30.6 Å². The van der Waals surface area contributed by atoms with Crippen molar-refractivity contribution in [1.29, 1.82) is 0 Å². The lowest BCUT2D eigenvalue weighted by molar-refractivity contribution is 0.649. The topological polar surface area (TPSA) is 35.6 Å². The zero-order chi connectivity index (χ0) is 19.0. The van der Waals surface area contributed by atoms with Crippen LogP contribution in [0.2, 0.25) is 0 Å². The molecule has 6 heteroatoms. The summed E-state index contributed by atoms with van der Waals surface area (Å²) in [5.41, 5.74) is 4.68. The largest absolute Gasteiger partial charge is 0.331 e. The van der Waals surface area contributed by atoms with Crippen molar-refractivity contribution in [1.82, 2.24) is 19.1 Å². The quantitative estimate of drug-likeness (QED) is 0.223. The number of aryl methyl sites for hydroxylation is 2.